The topological polar surface area (TPSA) is 180 Å². The molecule has 0 fully saturated rings. The van der Waals surface area contributed by atoms with Crippen molar-refractivity contribution in [3.8, 4) is 0 Å². The largest absolute Gasteiger partial charge is 1.00 e. The van der Waals surface area contributed by atoms with Gasteiger partial charge in [0.05, 0.1) is 0 Å². The van der Waals surface area contributed by atoms with Gasteiger partial charge < -0.3 is 34.8 Å². The van der Waals surface area contributed by atoms with E-state index >= 15 is 0 Å². The summed E-state index contributed by atoms with van der Waals surface area (Å²) in [6.45, 7) is 0. The van der Waals surface area contributed by atoms with Crippen LogP contribution in [0.25, 0.3) is 0 Å². The molecule has 0 saturated carbocycles. The second-order valence-electron chi connectivity index (χ2n) is 0.986. The van der Waals surface area contributed by atoms with Crippen LogP contribution in [0.5, 0.6) is 0 Å². The number of carboxylic acid groups (broad SMARTS) is 2. The summed E-state index contributed by atoms with van der Waals surface area (Å²) in [5.74, 6) is 0. The second kappa shape index (κ2) is 25.1. The first-order valence-electron chi connectivity index (χ1n) is 1.88. The van der Waals surface area contributed by atoms with Crippen LogP contribution in [0.4, 0.5) is 14.4 Å². The summed E-state index contributed by atoms with van der Waals surface area (Å²) in [5, 5.41) is 15.4. The predicted octanol–water partition coefficient (Wildman–Crippen LogP) is -7.32. The van der Waals surface area contributed by atoms with Crippen molar-refractivity contribution >= 4 is 53.2 Å². The molecule has 0 amide bonds. The normalized spacial score (nSPS) is 5.00. The van der Waals surface area contributed by atoms with Crippen LogP contribution < -0.4 is 71.4 Å². The third-order valence-corrected chi connectivity index (χ3v) is 0.341. The van der Waals surface area contributed by atoms with E-state index in [-0.39, 0.29) is 109 Å². The Bertz CT molecular complexity index is 186. The molecule has 0 rings (SSSR count). The Morgan fingerprint density at radius 2 is 1.00 bits per heavy atom. The minimum Gasteiger partial charge on any atom is -1.00 e. The fraction of sp³-hybridized carbons (Fsp3) is 0. The van der Waals surface area contributed by atoms with Gasteiger partial charge in [-0.2, -0.15) is 0 Å². The van der Waals surface area contributed by atoms with Crippen molar-refractivity contribution < 1.29 is 96.0 Å². The van der Waals surface area contributed by atoms with E-state index in [2.05, 4.69) is 9.47 Å². The fourth-order valence-corrected chi connectivity index (χ4v) is 0.163. The zero-order chi connectivity index (χ0) is 8.15. The van der Waals surface area contributed by atoms with Gasteiger partial charge in [-0.15, -0.1) is 0 Å². The number of hydrogen-bond acceptors (Lipinski definition) is 7. The van der Waals surface area contributed by atoms with Crippen LogP contribution >= 0.6 is 0 Å². The number of rotatable bonds is 0. The fourth-order valence-electron chi connectivity index (χ4n) is 0.163. The van der Waals surface area contributed by atoms with Gasteiger partial charge in [0.15, 0.2) is 34.7 Å². The molecule has 9 nitrogen and oxygen atoms in total. The number of hydrogen-bond donors (Lipinski definition) is 4. The summed E-state index contributed by atoms with van der Waals surface area (Å²) < 4.78 is 6.47. The van der Waals surface area contributed by atoms with E-state index in [9.17, 15) is 14.4 Å². The summed E-state index contributed by atoms with van der Waals surface area (Å²) in [6, 6.07) is 0. The Kier molecular flexibility index (Phi) is 68.2. The van der Waals surface area contributed by atoms with Crippen LogP contribution in [0.2, 0.25) is 0 Å². The van der Waals surface area contributed by atoms with E-state index in [0.717, 1.165) is 0 Å². The molecule has 0 atom stereocenters. The number of carbonyl (C=O) groups excluding carboxylic acids is 1. The first-order chi connectivity index (χ1) is 4.52. The van der Waals surface area contributed by atoms with E-state index in [4.69, 9.17) is 10.2 Å². The molecule has 0 aromatic heterocycles. The first-order valence-corrected chi connectivity index (χ1v) is 1.88. The van der Waals surface area contributed by atoms with Crippen LogP contribution in [0.3, 0.4) is 0 Å². The Morgan fingerprint density at radius 3 is 1.12 bits per heavy atom. The summed E-state index contributed by atoms with van der Waals surface area (Å²) in [5.41, 5.74) is 0. The molecule has 0 bridgehead atoms. The van der Waals surface area contributed by atoms with Crippen LogP contribution in [0.1, 0.15) is 2.85 Å². The molecule has 0 aliphatic heterocycles. The van der Waals surface area contributed by atoms with Crippen LogP contribution in [-0.4, -0.2) is 63.4 Å². The molecule has 0 heterocycles. The van der Waals surface area contributed by atoms with Crippen molar-refractivity contribution in [1.82, 2.24) is 12.3 Å². The molecule has 0 aliphatic rings. The second-order valence-corrected chi connectivity index (χ2v) is 0.986. The summed E-state index contributed by atoms with van der Waals surface area (Å²) in [4.78, 5) is 28.8. The molecule has 13 heteroatoms. The molecule has 16 heavy (non-hydrogen) atoms. The first kappa shape index (κ1) is 43.4. The predicted molar refractivity (Wildman–Crippen MR) is 55.8 cm³/mol. The Labute approximate surface area is 160 Å². The van der Waals surface area contributed by atoms with Gasteiger partial charge in [-0.1, -0.05) is 0 Å². The minimum atomic E-state index is -1.92. The van der Waals surface area contributed by atoms with E-state index in [1.807, 2.05) is 0 Å². The van der Waals surface area contributed by atoms with Crippen molar-refractivity contribution in [2.75, 3.05) is 0 Å². The van der Waals surface area contributed by atoms with Crippen molar-refractivity contribution in [2.45, 2.75) is 0 Å². The third kappa shape index (κ3) is 36.2. The van der Waals surface area contributed by atoms with Crippen molar-refractivity contribution in [1.29, 1.82) is 0 Å². The molecule has 88 valence electrons. The van der Waals surface area contributed by atoms with Gasteiger partial charge in [-0.05, 0) is 0 Å². The van der Waals surface area contributed by atoms with Crippen LogP contribution in [0, 0.1) is 0 Å². The maximum atomic E-state index is 9.86. The molecule has 0 aromatic carbocycles. The third-order valence-electron chi connectivity index (χ3n) is 0.341. The number of carbonyl (C=O) groups is 3. The average Bonchev–Trinajstić information content (AvgIpc) is 1.58. The van der Waals surface area contributed by atoms with E-state index in [0.29, 0.717) is 0 Å². The van der Waals surface area contributed by atoms with Crippen molar-refractivity contribution in [2.24, 2.45) is 0 Å². The zero-order valence-electron chi connectivity index (χ0n) is 9.85. The Hall–Kier alpha value is 1.19. The standard InChI is InChI=1S/C3H2O7.2Al.2H3N.2Na.8H/c4-1(5)9-3(8)10-2(6)7;;;;;;;;;;;;;;/h(H,4,5)(H,6,7);;;2*1H3;;;;;;;;;;/q;;;;;2*+1;;;;;;;2*-1. The SMILES string of the molecule is N.N.O=C(O)OC(=O)OC(=O)O.[AlH3].[AlH3].[H-].[H-].[Na+].[Na+]. The molecule has 8 N–H and O–H groups in total. The Morgan fingerprint density at radius 1 is 0.812 bits per heavy atom. The average molecular weight is 292 g/mol. The smallest absolute Gasteiger partial charge is 1.00 e. The van der Waals surface area contributed by atoms with E-state index < -0.39 is 18.5 Å². The van der Waals surface area contributed by atoms with Gasteiger partial charge in [-0.3, -0.25) is 0 Å². The van der Waals surface area contributed by atoms with Gasteiger partial charge in [0.1, 0.15) is 0 Å². The monoisotopic (exact) mass is 292 g/mol. The summed E-state index contributed by atoms with van der Waals surface area (Å²) >= 11 is 0. The molecular weight excluding hydrogens is 276 g/mol. The van der Waals surface area contributed by atoms with Gasteiger partial charge in [0, 0.05) is 0 Å². The summed E-state index contributed by atoms with van der Waals surface area (Å²) in [6.07, 6.45) is -5.64. The molecule has 0 radical (unpaired) electrons. The maximum absolute atomic E-state index is 9.86. The summed E-state index contributed by atoms with van der Waals surface area (Å²) in [7, 11) is 0. The van der Waals surface area contributed by atoms with Gasteiger partial charge in [-0.25, -0.2) is 14.4 Å². The van der Waals surface area contributed by atoms with Crippen LogP contribution in [0.15, 0.2) is 0 Å². The van der Waals surface area contributed by atoms with Crippen molar-refractivity contribution in [3.05, 3.63) is 0 Å². The molecule has 0 aliphatic carbocycles. The zero-order valence-corrected chi connectivity index (χ0v) is 11.8. The van der Waals surface area contributed by atoms with Gasteiger partial charge in [0.2, 0.25) is 0 Å². The van der Waals surface area contributed by atoms with Gasteiger partial charge in [0.25, 0.3) is 0 Å². The molecule has 0 spiro atoms. The molecule has 0 unspecified atom stereocenters. The number of ether oxygens (including phenoxy) is 2. The van der Waals surface area contributed by atoms with Gasteiger partial charge >= 0.3 is 77.6 Å². The van der Waals surface area contributed by atoms with E-state index in [1.54, 1.807) is 0 Å². The quantitative estimate of drug-likeness (QED) is 0.191. The molecular formula is C3H16Al2N2Na2O7. The molecule has 0 aromatic rings. The minimum absolute atomic E-state index is 0. The Balaban J connectivity index is -0.0000000145. The molecule has 0 saturated heterocycles. The maximum Gasteiger partial charge on any atom is 1.00 e. The van der Waals surface area contributed by atoms with Crippen molar-refractivity contribution in [3.63, 3.8) is 0 Å². The van der Waals surface area contributed by atoms with Crippen LogP contribution in [-0.2, 0) is 9.47 Å². The van der Waals surface area contributed by atoms with E-state index in [1.165, 1.54) is 0 Å².